The van der Waals surface area contributed by atoms with Crippen molar-refractivity contribution in [3.8, 4) is 0 Å². The number of nitrogens with zero attached hydrogens (tertiary/aromatic N) is 2. The number of ketones is 1. The van der Waals surface area contributed by atoms with Crippen LogP contribution in [0.3, 0.4) is 0 Å². The zero-order valence-corrected chi connectivity index (χ0v) is 19.7. The zero-order chi connectivity index (χ0) is 24.4. The lowest BCUT2D eigenvalue weighted by Gasteiger charge is -2.28. The largest absolute Gasteiger partial charge is 0.503 e. The molecule has 1 atom stereocenters. The number of rotatable bonds is 9. The van der Waals surface area contributed by atoms with E-state index in [1.165, 1.54) is 23.1 Å². The zero-order valence-electron chi connectivity index (χ0n) is 19.7. The molecule has 0 spiro atoms. The SMILES string of the molecule is CCN(CC)CCCN1C(=O)C(O)=C(C(=O)c2cc3cc(C)ccc3o2)C1c1cccc(F)c1. The number of Topliss-reactive ketones (excluding diaryl/α,β-unsaturated/α-hetero) is 1. The van der Waals surface area contributed by atoms with Gasteiger partial charge in [0.1, 0.15) is 11.4 Å². The number of carbonyl (C=O) groups is 2. The number of aliphatic hydroxyl groups excluding tert-OH is 1. The molecule has 1 aromatic heterocycles. The Morgan fingerprint density at radius 1 is 1.15 bits per heavy atom. The topological polar surface area (TPSA) is 74.0 Å². The quantitative estimate of drug-likeness (QED) is 0.441. The molecule has 6 nitrogen and oxygen atoms in total. The van der Waals surface area contributed by atoms with Crippen LogP contribution in [-0.2, 0) is 4.79 Å². The predicted molar refractivity (Wildman–Crippen MR) is 128 cm³/mol. The van der Waals surface area contributed by atoms with Gasteiger partial charge in [0, 0.05) is 11.9 Å². The minimum Gasteiger partial charge on any atom is -0.503 e. The van der Waals surface area contributed by atoms with Crippen LogP contribution in [-0.4, -0.2) is 52.8 Å². The van der Waals surface area contributed by atoms with Crippen molar-refractivity contribution in [3.63, 3.8) is 0 Å². The third kappa shape index (κ3) is 4.48. The summed E-state index contributed by atoms with van der Waals surface area (Å²) in [5.74, 6) is -2.28. The number of halogens is 1. The molecule has 1 aliphatic heterocycles. The summed E-state index contributed by atoms with van der Waals surface area (Å²) in [4.78, 5) is 30.3. The second-order valence-electron chi connectivity index (χ2n) is 8.58. The van der Waals surface area contributed by atoms with Gasteiger partial charge in [-0.1, -0.05) is 37.6 Å². The van der Waals surface area contributed by atoms with E-state index in [9.17, 15) is 19.1 Å². The van der Waals surface area contributed by atoms with Gasteiger partial charge in [0.15, 0.2) is 11.5 Å². The van der Waals surface area contributed by atoms with E-state index in [4.69, 9.17) is 4.42 Å². The van der Waals surface area contributed by atoms with E-state index in [2.05, 4.69) is 18.7 Å². The van der Waals surface area contributed by atoms with Gasteiger partial charge >= 0.3 is 0 Å². The van der Waals surface area contributed by atoms with Crippen LogP contribution in [0.15, 0.2) is 64.3 Å². The van der Waals surface area contributed by atoms with E-state index >= 15 is 0 Å². The lowest BCUT2D eigenvalue weighted by Crippen LogP contribution is -2.34. The van der Waals surface area contributed by atoms with Gasteiger partial charge in [0.25, 0.3) is 5.91 Å². The summed E-state index contributed by atoms with van der Waals surface area (Å²) in [6.07, 6.45) is 0.651. The van der Waals surface area contributed by atoms with E-state index in [0.29, 0.717) is 24.1 Å². The third-order valence-corrected chi connectivity index (χ3v) is 6.38. The second-order valence-corrected chi connectivity index (χ2v) is 8.58. The third-order valence-electron chi connectivity index (χ3n) is 6.38. The molecule has 0 bridgehead atoms. The van der Waals surface area contributed by atoms with Gasteiger partial charge in [-0.2, -0.15) is 0 Å². The van der Waals surface area contributed by atoms with Crippen molar-refractivity contribution >= 4 is 22.7 Å². The fraction of sp³-hybridized carbons (Fsp3) is 0.333. The van der Waals surface area contributed by atoms with Gasteiger partial charge in [-0.05, 0) is 68.9 Å². The van der Waals surface area contributed by atoms with Gasteiger partial charge in [0.05, 0.1) is 11.6 Å². The van der Waals surface area contributed by atoms with E-state index in [1.807, 2.05) is 19.1 Å². The molecule has 2 aromatic carbocycles. The average molecular weight is 465 g/mol. The number of amides is 1. The number of aryl methyl sites for hydroxylation is 1. The first-order chi connectivity index (χ1) is 16.3. The molecule has 0 saturated heterocycles. The fourth-order valence-electron chi connectivity index (χ4n) is 4.55. The number of hydrogen-bond donors (Lipinski definition) is 1. The molecule has 1 amide bonds. The second kappa shape index (κ2) is 9.81. The van der Waals surface area contributed by atoms with Crippen molar-refractivity contribution in [1.82, 2.24) is 9.80 Å². The molecule has 1 aliphatic rings. The smallest absolute Gasteiger partial charge is 0.290 e. The molecule has 0 radical (unpaired) electrons. The van der Waals surface area contributed by atoms with Crippen LogP contribution in [0.5, 0.6) is 0 Å². The lowest BCUT2D eigenvalue weighted by molar-refractivity contribution is -0.129. The molecule has 1 N–H and O–H groups in total. The molecule has 3 aromatic rings. The summed E-state index contributed by atoms with van der Waals surface area (Å²) in [6, 6.07) is 12.1. The minimum absolute atomic E-state index is 0.0290. The summed E-state index contributed by atoms with van der Waals surface area (Å²) < 4.78 is 19.9. The molecule has 2 heterocycles. The van der Waals surface area contributed by atoms with Crippen molar-refractivity contribution in [1.29, 1.82) is 0 Å². The van der Waals surface area contributed by atoms with E-state index < -0.39 is 29.3 Å². The Morgan fingerprint density at radius 3 is 2.62 bits per heavy atom. The number of fused-ring (bicyclic) bond motifs is 1. The van der Waals surface area contributed by atoms with Crippen LogP contribution in [0, 0.1) is 12.7 Å². The molecule has 0 saturated carbocycles. The normalized spacial score (nSPS) is 16.3. The van der Waals surface area contributed by atoms with Gasteiger partial charge in [0.2, 0.25) is 5.78 Å². The lowest BCUT2D eigenvalue weighted by atomic mass is 9.95. The predicted octanol–water partition coefficient (Wildman–Crippen LogP) is 5.19. The Labute approximate surface area is 198 Å². The van der Waals surface area contributed by atoms with E-state index in [0.717, 1.165) is 30.6 Å². The highest BCUT2D eigenvalue weighted by Crippen LogP contribution is 2.40. The highest BCUT2D eigenvalue weighted by atomic mass is 19.1. The Hall–Kier alpha value is -3.45. The van der Waals surface area contributed by atoms with Crippen LogP contribution in [0.25, 0.3) is 11.0 Å². The first kappa shape index (κ1) is 23.7. The number of benzene rings is 2. The number of aliphatic hydroxyl groups is 1. The number of carbonyl (C=O) groups excluding carboxylic acids is 2. The Bertz CT molecular complexity index is 1260. The summed E-state index contributed by atoms with van der Waals surface area (Å²) in [5.41, 5.74) is 1.89. The van der Waals surface area contributed by atoms with Gasteiger partial charge in [-0.15, -0.1) is 0 Å². The van der Waals surface area contributed by atoms with Gasteiger partial charge in [-0.3, -0.25) is 9.59 Å². The maximum absolute atomic E-state index is 14.1. The van der Waals surface area contributed by atoms with Crippen LogP contribution >= 0.6 is 0 Å². The van der Waals surface area contributed by atoms with Crippen LogP contribution in [0.1, 0.15) is 48.0 Å². The van der Waals surface area contributed by atoms with E-state index in [-0.39, 0.29) is 11.3 Å². The first-order valence-electron chi connectivity index (χ1n) is 11.6. The summed E-state index contributed by atoms with van der Waals surface area (Å²) in [5, 5.41) is 11.6. The van der Waals surface area contributed by atoms with Gasteiger partial charge < -0.3 is 19.3 Å². The molecular formula is C27H29FN2O4. The minimum atomic E-state index is -0.901. The molecule has 178 valence electrons. The number of hydrogen-bond acceptors (Lipinski definition) is 5. The van der Waals surface area contributed by atoms with Crippen molar-refractivity contribution in [2.75, 3.05) is 26.2 Å². The maximum atomic E-state index is 14.1. The fourth-order valence-corrected chi connectivity index (χ4v) is 4.55. The molecular weight excluding hydrogens is 435 g/mol. The maximum Gasteiger partial charge on any atom is 0.290 e. The van der Waals surface area contributed by atoms with Crippen molar-refractivity contribution < 1.29 is 23.5 Å². The number of furan rings is 1. The van der Waals surface area contributed by atoms with Crippen molar-refractivity contribution in [3.05, 3.63) is 82.6 Å². The summed E-state index contributed by atoms with van der Waals surface area (Å²) in [7, 11) is 0. The van der Waals surface area contributed by atoms with Crippen LogP contribution in [0.2, 0.25) is 0 Å². The van der Waals surface area contributed by atoms with Crippen molar-refractivity contribution in [2.45, 2.75) is 33.2 Å². The Balaban J connectivity index is 1.71. The highest BCUT2D eigenvalue weighted by molar-refractivity contribution is 6.16. The Morgan fingerprint density at radius 2 is 1.91 bits per heavy atom. The molecule has 4 rings (SSSR count). The Kier molecular flexibility index (Phi) is 6.84. The highest BCUT2D eigenvalue weighted by Gasteiger charge is 2.44. The molecule has 34 heavy (non-hydrogen) atoms. The monoisotopic (exact) mass is 464 g/mol. The van der Waals surface area contributed by atoms with Crippen LogP contribution in [0.4, 0.5) is 4.39 Å². The van der Waals surface area contributed by atoms with E-state index in [1.54, 1.807) is 18.2 Å². The first-order valence-corrected chi connectivity index (χ1v) is 11.6. The van der Waals surface area contributed by atoms with Crippen molar-refractivity contribution in [2.24, 2.45) is 0 Å². The average Bonchev–Trinajstić information content (AvgIpc) is 3.35. The molecule has 0 aliphatic carbocycles. The summed E-state index contributed by atoms with van der Waals surface area (Å²) in [6.45, 7) is 8.93. The van der Waals surface area contributed by atoms with Gasteiger partial charge in [-0.25, -0.2) is 4.39 Å². The standard InChI is InChI=1S/C27H29FN2O4/c1-4-29(5-2)12-7-13-30-24(18-8-6-9-20(28)15-18)23(26(32)27(30)33)25(31)22-16-19-14-17(3)10-11-21(19)34-22/h6,8-11,14-16,24,32H,4-5,7,12-13H2,1-3H3. The summed E-state index contributed by atoms with van der Waals surface area (Å²) >= 11 is 0. The van der Waals surface area contributed by atoms with Crippen LogP contribution < -0.4 is 0 Å². The molecule has 1 unspecified atom stereocenters. The molecule has 7 heteroatoms. The molecule has 0 fully saturated rings.